The molecular formula is C17H25NO3S. The van der Waals surface area contributed by atoms with Crippen LogP contribution in [-0.2, 0) is 9.84 Å². The van der Waals surface area contributed by atoms with Crippen molar-refractivity contribution in [2.24, 2.45) is 5.92 Å². The lowest BCUT2D eigenvalue weighted by molar-refractivity contribution is 0.0943. The smallest absolute Gasteiger partial charge is 0.251 e. The Hall–Kier alpha value is -1.36. The Morgan fingerprint density at radius 1 is 1.14 bits per heavy atom. The predicted octanol–water partition coefficient (Wildman–Crippen LogP) is 3.18. The molecule has 1 aliphatic carbocycles. The summed E-state index contributed by atoms with van der Waals surface area (Å²) in [5.41, 5.74) is 0.513. The maximum Gasteiger partial charge on any atom is 0.251 e. The van der Waals surface area contributed by atoms with E-state index in [0.717, 1.165) is 0 Å². The lowest BCUT2D eigenvalue weighted by Crippen LogP contribution is -2.30. The molecule has 0 bridgehead atoms. The summed E-state index contributed by atoms with van der Waals surface area (Å²) in [4.78, 5) is 12.4. The number of sulfone groups is 1. The van der Waals surface area contributed by atoms with Crippen LogP contribution in [0, 0.1) is 5.92 Å². The maximum atomic E-state index is 12.1. The van der Waals surface area contributed by atoms with Crippen LogP contribution in [0.2, 0.25) is 0 Å². The summed E-state index contributed by atoms with van der Waals surface area (Å²) in [5, 5.41) is 2.50. The molecular weight excluding hydrogens is 298 g/mol. The Labute approximate surface area is 133 Å². The molecule has 1 fully saturated rings. The number of hydrogen-bond donors (Lipinski definition) is 1. The van der Waals surface area contributed by atoms with Gasteiger partial charge in [-0.25, -0.2) is 8.42 Å². The highest BCUT2D eigenvalue weighted by Crippen LogP contribution is 2.23. The molecule has 22 heavy (non-hydrogen) atoms. The van der Waals surface area contributed by atoms with Gasteiger partial charge in [0, 0.05) is 12.1 Å². The summed E-state index contributed by atoms with van der Waals surface area (Å²) in [7, 11) is -3.28. The fraction of sp³-hybridized carbons (Fsp3) is 0.588. The predicted molar refractivity (Wildman–Crippen MR) is 87.7 cm³/mol. The van der Waals surface area contributed by atoms with Gasteiger partial charge in [-0.1, -0.05) is 19.3 Å². The zero-order chi connectivity index (χ0) is 16.2. The van der Waals surface area contributed by atoms with Crippen LogP contribution in [0.1, 0.15) is 56.3 Å². The molecule has 0 aromatic heterocycles. The Kier molecular flexibility index (Phi) is 5.62. The minimum absolute atomic E-state index is 0.126. The molecule has 0 aliphatic heterocycles. The van der Waals surface area contributed by atoms with Gasteiger partial charge in [0.15, 0.2) is 9.84 Å². The number of nitrogens with one attached hydrogen (secondary N) is 1. The minimum Gasteiger partial charge on any atom is -0.352 e. The van der Waals surface area contributed by atoms with E-state index in [4.69, 9.17) is 0 Å². The summed E-state index contributed by atoms with van der Waals surface area (Å²) in [6.07, 6.45) is 6.18. The van der Waals surface area contributed by atoms with Crippen molar-refractivity contribution >= 4 is 15.7 Å². The van der Waals surface area contributed by atoms with Gasteiger partial charge in [-0.3, -0.25) is 4.79 Å². The van der Waals surface area contributed by atoms with Crippen molar-refractivity contribution in [1.29, 1.82) is 0 Å². The summed E-state index contributed by atoms with van der Waals surface area (Å²) in [5.74, 6) is 0.456. The minimum atomic E-state index is -3.28. The molecule has 0 unspecified atom stereocenters. The Morgan fingerprint density at radius 3 is 2.27 bits per heavy atom. The van der Waals surface area contributed by atoms with E-state index in [9.17, 15) is 13.2 Å². The fourth-order valence-electron chi connectivity index (χ4n) is 2.80. The van der Waals surface area contributed by atoms with E-state index < -0.39 is 15.1 Å². The zero-order valence-electron chi connectivity index (χ0n) is 13.3. The molecule has 5 heteroatoms. The van der Waals surface area contributed by atoms with Crippen LogP contribution in [0.25, 0.3) is 0 Å². The van der Waals surface area contributed by atoms with Gasteiger partial charge in [-0.2, -0.15) is 0 Å². The molecule has 1 N–H and O–H groups in total. The van der Waals surface area contributed by atoms with Crippen molar-refractivity contribution in [3.05, 3.63) is 29.8 Å². The van der Waals surface area contributed by atoms with Crippen molar-refractivity contribution in [1.82, 2.24) is 5.32 Å². The summed E-state index contributed by atoms with van der Waals surface area (Å²) < 4.78 is 24.1. The van der Waals surface area contributed by atoms with Crippen LogP contribution in [0.4, 0.5) is 0 Å². The van der Waals surface area contributed by atoms with Crippen molar-refractivity contribution in [2.75, 3.05) is 6.54 Å². The van der Waals surface area contributed by atoms with E-state index in [1.807, 2.05) is 0 Å². The van der Waals surface area contributed by atoms with Crippen LogP contribution in [0.5, 0.6) is 0 Å². The first-order valence-corrected chi connectivity index (χ1v) is 9.58. The quantitative estimate of drug-likeness (QED) is 0.905. The highest BCUT2D eigenvalue weighted by Gasteiger charge is 2.19. The van der Waals surface area contributed by atoms with Gasteiger partial charge >= 0.3 is 0 Å². The number of benzene rings is 1. The van der Waals surface area contributed by atoms with Gasteiger partial charge < -0.3 is 5.32 Å². The van der Waals surface area contributed by atoms with Gasteiger partial charge in [0.2, 0.25) is 0 Å². The number of rotatable bonds is 5. The Balaban J connectivity index is 1.96. The average molecular weight is 323 g/mol. The lowest BCUT2D eigenvalue weighted by Gasteiger charge is -2.21. The second-order valence-electron chi connectivity index (χ2n) is 6.33. The number of amides is 1. The monoisotopic (exact) mass is 323 g/mol. The first-order chi connectivity index (χ1) is 10.4. The molecule has 122 valence electrons. The molecule has 0 spiro atoms. The molecule has 0 radical (unpaired) electrons. The summed E-state index contributed by atoms with van der Waals surface area (Å²) in [6.45, 7) is 4.02. The van der Waals surface area contributed by atoms with E-state index >= 15 is 0 Å². The number of hydrogen-bond acceptors (Lipinski definition) is 3. The number of carbonyl (C=O) groups is 1. The van der Waals surface area contributed by atoms with E-state index in [1.54, 1.807) is 26.0 Å². The Bertz CT molecular complexity index is 599. The molecule has 2 rings (SSSR count). The molecule has 1 aromatic rings. The molecule has 0 saturated heterocycles. The van der Waals surface area contributed by atoms with Crippen LogP contribution < -0.4 is 5.32 Å². The maximum absolute atomic E-state index is 12.1. The van der Waals surface area contributed by atoms with Crippen LogP contribution >= 0.6 is 0 Å². The van der Waals surface area contributed by atoms with Gasteiger partial charge in [0.1, 0.15) is 0 Å². The van der Waals surface area contributed by atoms with Gasteiger partial charge in [0.25, 0.3) is 5.91 Å². The van der Waals surface area contributed by atoms with Crippen molar-refractivity contribution in [3.8, 4) is 0 Å². The molecule has 1 aliphatic rings. The third-order valence-corrected chi connectivity index (χ3v) is 6.51. The summed E-state index contributed by atoms with van der Waals surface area (Å²) in [6, 6.07) is 6.21. The van der Waals surface area contributed by atoms with Gasteiger partial charge in [0.05, 0.1) is 10.1 Å². The first kappa shape index (κ1) is 17.0. The molecule has 0 atom stereocenters. The largest absolute Gasteiger partial charge is 0.352 e. The van der Waals surface area contributed by atoms with E-state index in [-0.39, 0.29) is 10.8 Å². The average Bonchev–Trinajstić information content (AvgIpc) is 2.53. The van der Waals surface area contributed by atoms with Crippen molar-refractivity contribution in [3.63, 3.8) is 0 Å². The second-order valence-corrected chi connectivity index (χ2v) is 8.84. The molecule has 1 amide bonds. The van der Waals surface area contributed by atoms with Crippen LogP contribution in [0.15, 0.2) is 29.2 Å². The second kappa shape index (κ2) is 7.27. The van der Waals surface area contributed by atoms with Crippen molar-refractivity contribution in [2.45, 2.75) is 56.1 Å². The molecule has 0 heterocycles. The van der Waals surface area contributed by atoms with Crippen molar-refractivity contribution < 1.29 is 13.2 Å². The molecule has 1 saturated carbocycles. The lowest BCUT2D eigenvalue weighted by atomic mass is 9.89. The zero-order valence-corrected chi connectivity index (χ0v) is 14.2. The summed E-state index contributed by atoms with van der Waals surface area (Å²) >= 11 is 0. The van der Waals surface area contributed by atoms with E-state index in [0.29, 0.717) is 18.0 Å². The Morgan fingerprint density at radius 2 is 1.73 bits per heavy atom. The fourth-order valence-corrected chi connectivity index (χ4v) is 3.86. The number of carbonyl (C=O) groups excluding carboxylic acids is 1. The van der Waals surface area contributed by atoms with Gasteiger partial charge in [-0.05, 0) is 56.9 Å². The highest BCUT2D eigenvalue weighted by molar-refractivity contribution is 7.92. The van der Waals surface area contributed by atoms with E-state index in [2.05, 4.69) is 5.32 Å². The third-order valence-electron chi connectivity index (χ3n) is 4.34. The SMILES string of the molecule is CC(C)S(=O)(=O)c1ccc(C(=O)NCC2CCCCC2)cc1. The first-order valence-electron chi connectivity index (χ1n) is 8.03. The standard InChI is InChI=1S/C17H25NO3S/c1-13(2)22(20,21)16-10-8-15(9-11-16)17(19)18-12-14-6-4-3-5-7-14/h8-11,13-14H,3-7,12H2,1-2H3,(H,18,19). The van der Waals surface area contributed by atoms with Crippen LogP contribution in [-0.4, -0.2) is 26.1 Å². The third kappa shape index (κ3) is 4.09. The normalized spacial score (nSPS) is 16.7. The topological polar surface area (TPSA) is 63.2 Å². The van der Waals surface area contributed by atoms with E-state index in [1.165, 1.54) is 44.2 Å². The molecule has 1 aromatic carbocycles. The van der Waals surface area contributed by atoms with Crippen LogP contribution in [0.3, 0.4) is 0 Å². The van der Waals surface area contributed by atoms with Gasteiger partial charge in [-0.15, -0.1) is 0 Å². The highest BCUT2D eigenvalue weighted by atomic mass is 32.2. The molecule has 4 nitrogen and oxygen atoms in total.